The van der Waals surface area contributed by atoms with E-state index in [2.05, 4.69) is 27.8 Å². The Kier molecular flexibility index (Phi) is 7.76. The molecular formula is C20H31ClN4O. The van der Waals surface area contributed by atoms with Gasteiger partial charge in [-0.25, -0.2) is 0 Å². The van der Waals surface area contributed by atoms with Crippen LogP contribution in [0.5, 0.6) is 0 Å². The normalized spacial score (nSPS) is 16.4. The first-order valence-electron chi connectivity index (χ1n) is 9.37. The zero-order chi connectivity index (χ0) is 19.0. The molecule has 1 aliphatic rings. The Morgan fingerprint density at radius 1 is 1.19 bits per heavy atom. The van der Waals surface area contributed by atoms with Gasteiger partial charge in [-0.3, -0.25) is 9.79 Å². The first-order valence-corrected chi connectivity index (χ1v) is 9.75. The van der Waals surface area contributed by atoms with Gasteiger partial charge in [0, 0.05) is 39.3 Å². The number of nitrogens with zero attached hydrogens (tertiary/aromatic N) is 2. The molecule has 26 heavy (non-hydrogen) atoms. The summed E-state index contributed by atoms with van der Waals surface area (Å²) >= 11 is 5.91. The number of hydrogen-bond donors (Lipinski definition) is 2. The summed E-state index contributed by atoms with van der Waals surface area (Å²) in [5.41, 5.74) is 0.991. The van der Waals surface area contributed by atoms with Crippen LogP contribution in [0.15, 0.2) is 29.3 Å². The molecule has 144 valence electrons. The molecule has 0 unspecified atom stereocenters. The maximum absolute atomic E-state index is 12.6. The summed E-state index contributed by atoms with van der Waals surface area (Å²) in [7, 11) is 5.45. The molecule has 0 radical (unpaired) electrons. The summed E-state index contributed by atoms with van der Waals surface area (Å²) in [6.07, 6.45) is 6.13. The number of nitrogens with one attached hydrogen (secondary N) is 2. The van der Waals surface area contributed by atoms with Crippen molar-refractivity contribution in [1.29, 1.82) is 0 Å². The van der Waals surface area contributed by atoms with Crippen molar-refractivity contribution in [2.75, 3.05) is 34.2 Å². The van der Waals surface area contributed by atoms with Crippen LogP contribution >= 0.6 is 11.6 Å². The molecule has 0 aromatic heterocycles. The van der Waals surface area contributed by atoms with Crippen LogP contribution in [-0.2, 0) is 11.2 Å². The predicted molar refractivity (Wildman–Crippen MR) is 109 cm³/mol. The van der Waals surface area contributed by atoms with Gasteiger partial charge >= 0.3 is 0 Å². The Balaban J connectivity index is 1.78. The van der Waals surface area contributed by atoms with Crippen molar-refractivity contribution in [3.8, 4) is 0 Å². The Hall–Kier alpha value is -1.75. The lowest BCUT2D eigenvalue weighted by Gasteiger charge is -2.31. The minimum Gasteiger partial charge on any atom is -0.356 e. The van der Waals surface area contributed by atoms with E-state index in [1.54, 1.807) is 11.9 Å². The Bertz CT molecular complexity index is 607. The molecule has 0 atom stereocenters. The van der Waals surface area contributed by atoms with Crippen LogP contribution in [0.25, 0.3) is 0 Å². The Labute approximate surface area is 162 Å². The number of halogens is 1. The third kappa shape index (κ3) is 5.63. The topological polar surface area (TPSA) is 56.7 Å². The summed E-state index contributed by atoms with van der Waals surface area (Å²) in [5, 5.41) is 7.48. The van der Waals surface area contributed by atoms with Crippen molar-refractivity contribution < 1.29 is 4.79 Å². The highest BCUT2D eigenvalue weighted by Crippen LogP contribution is 2.38. The van der Waals surface area contributed by atoms with E-state index in [0.29, 0.717) is 6.54 Å². The number of rotatable bonds is 7. The van der Waals surface area contributed by atoms with E-state index in [4.69, 9.17) is 11.6 Å². The number of guanidine groups is 1. The van der Waals surface area contributed by atoms with Gasteiger partial charge < -0.3 is 15.5 Å². The average molecular weight is 379 g/mol. The fourth-order valence-electron chi connectivity index (χ4n) is 3.62. The summed E-state index contributed by atoms with van der Waals surface area (Å²) in [6.45, 7) is 1.47. The van der Waals surface area contributed by atoms with Gasteiger partial charge in [-0.1, -0.05) is 36.6 Å². The van der Waals surface area contributed by atoms with Gasteiger partial charge in [0.1, 0.15) is 0 Å². The zero-order valence-electron chi connectivity index (χ0n) is 16.1. The second kappa shape index (κ2) is 9.81. The van der Waals surface area contributed by atoms with Crippen LogP contribution in [0.3, 0.4) is 0 Å². The van der Waals surface area contributed by atoms with Crippen LogP contribution in [-0.4, -0.2) is 51.0 Å². The van der Waals surface area contributed by atoms with Crippen molar-refractivity contribution in [1.82, 2.24) is 15.5 Å². The molecule has 1 fully saturated rings. The zero-order valence-corrected chi connectivity index (χ0v) is 16.9. The van der Waals surface area contributed by atoms with E-state index in [1.165, 1.54) is 5.56 Å². The van der Waals surface area contributed by atoms with Crippen molar-refractivity contribution in [2.24, 2.45) is 10.4 Å². The Morgan fingerprint density at radius 2 is 1.85 bits per heavy atom. The maximum Gasteiger partial charge on any atom is 0.230 e. The molecule has 0 bridgehead atoms. The fourth-order valence-corrected chi connectivity index (χ4v) is 3.74. The van der Waals surface area contributed by atoms with E-state index >= 15 is 0 Å². The summed E-state index contributed by atoms with van der Waals surface area (Å²) in [5.74, 6) is 0.986. The van der Waals surface area contributed by atoms with Crippen LogP contribution in [0.4, 0.5) is 0 Å². The minimum absolute atomic E-state index is 0.223. The van der Waals surface area contributed by atoms with E-state index < -0.39 is 0 Å². The Morgan fingerprint density at radius 3 is 2.42 bits per heavy atom. The van der Waals surface area contributed by atoms with Gasteiger partial charge in [0.15, 0.2) is 5.96 Å². The van der Waals surface area contributed by atoms with Crippen molar-refractivity contribution in [3.05, 3.63) is 34.9 Å². The largest absolute Gasteiger partial charge is 0.356 e. The van der Waals surface area contributed by atoms with Crippen LogP contribution in [0, 0.1) is 5.41 Å². The average Bonchev–Trinajstić information content (AvgIpc) is 3.12. The molecule has 1 saturated carbocycles. The standard InChI is InChI=1S/C20H31ClN4O/c1-22-19(23-14-6-7-16-8-10-17(21)11-9-16)24-15-20(12-4-5-13-20)18(26)25(2)3/h8-11H,4-7,12-15H2,1-3H3,(H2,22,23,24). The number of aryl methyl sites for hydroxylation is 1. The molecule has 1 aromatic carbocycles. The summed E-state index contributed by atoms with van der Waals surface area (Å²) < 4.78 is 0. The van der Waals surface area contributed by atoms with Crippen molar-refractivity contribution in [3.63, 3.8) is 0 Å². The molecule has 0 aliphatic heterocycles. The molecule has 2 rings (SSSR count). The van der Waals surface area contributed by atoms with Gasteiger partial charge in [0.05, 0.1) is 5.41 Å². The number of carbonyl (C=O) groups is 1. The first-order chi connectivity index (χ1) is 12.5. The second-order valence-electron chi connectivity index (χ2n) is 7.27. The van der Waals surface area contributed by atoms with E-state index in [9.17, 15) is 4.79 Å². The fraction of sp³-hybridized carbons (Fsp3) is 0.600. The van der Waals surface area contributed by atoms with Crippen molar-refractivity contribution >= 4 is 23.5 Å². The number of aliphatic imine (C=N–C) groups is 1. The number of carbonyl (C=O) groups excluding carboxylic acids is 1. The highest BCUT2D eigenvalue weighted by molar-refractivity contribution is 6.30. The second-order valence-corrected chi connectivity index (χ2v) is 7.71. The molecule has 0 heterocycles. The molecule has 1 aliphatic carbocycles. The lowest BCUT2D eigenvalue weighted by Crippen LogP contribution is -2.49. The third-order valence-corrected chi connectivity index (χ3v) is 5.34. The third-order valence-electron chi connectivity index (χ3n) is 5.09. The highest BCUT2D eigenvalue weighted by atomic mass is 35.5. The molecule has 6 heteroatoms. The maximum atomic E-state index is 12.6. The quantitative estimate of drug-likeness (QED) is 0.435. The van der Waals surface area contributed by atoms with Gasteiger partial charge in [-0.2, -0.15) is 0 Å². The lowest BCUT2D eigenvalue weighted by atomic mass is 9.84. The van der Waals surface area contributed by atoms with E-state index in [1.807, 2.05) is 26.2 Å². The molecule has 0 saturated heterocycles. The minimum atomic E-state index is -0.287. The SMILES string of the molecule is CN=C(NCCCc1ccc(Cl)cc1)NCC1(C(=O)N(C)C)CCCC1. The van der Waals surface area contributed by atoms with E-state index in [0.717, 1.165) is 56.1 Å². The summed E-state index contributed by atoms with van der Waals surface area (Å²) in [6, 6.07) is 7.97. The van der Waals surface area contributed by atoms with Gasteiger partial charge in [-0.15, -0.1) is 0 Å². The predicted octanol–water partition coefficient (Wildman–Crippen LogP) is 3.09. The lowest BCUT2D eigenvalue weighted by molar-refractivity contribution is -0.138. The first kappa shape index (κ1) is 20.6. The number of benzene rings is 1. The van der Waals surface area contributed by atoms with Crippen LogP contribution < -0.4 is 10.6 Å². The van der Waals surface area contributed by atoms with Gasteiger partial charge in [0.2, 0.25) is 5.91 Å². The van der Waals surface area contributed by atoms with Crippen molar-refractivity contribution in [2.45, 2.75) is 38.5 Å². The molecule has 0 spiro atoms. The van der Waals surface area contributed by atoms with Crippen LogP contribution in [0.2, 0.25) is 5.02 Å². The summed E-state index contributed by atoms with van der Waals surface area (Å²) in [4.78, 5) is 18.6. The number of amides is 1. The number of hydrogen-bond acceptors (Lipinski definition) is 2. The molecule has 5 nitrogen and oxygen atoms in total. The molecule has 2 N–H and O–H groups in total. The molecule has 1 aromatic rings. The van der Waals surface area contributed by atoms with Gasteiger partial charge in [-0.05, 0) is 43.4 Å². The highest BCUT2D eigenvalue weighted by Gasteiger charge is 2.42. The van der Waals surface area contributed by atoms with Gasteiger partial charge in [0.25, 0.3) is 0 Å². The molecule has 1 amide bonds. The monoisotopic (exact) mass is 378 g/mol. The smallest absolute Gasteiger partial charge is 0.230 e. The molecular weight excluding hydrogens is 348 g/mol. The van der Waals surface area contributed by atoms with E-state index in [-0.39, 0.29) is 11.3 Å². The van der Waals surface area contributed by atoms with Crippen LogP contribution in [0.1, 0.15) is 37.7 Å².